The summed E-state index contributed by atoms with van der Waals surface area (Å²) >= 11 is 0. The van der Waals surface area contributed by atoms with Crippen molar-refractivity contribution in [2.75, 3.05) is 39.9 Å². The maximum absolute atomic E-state index is 13.2. The lowest BCUT2D eigenvalue weighted by atomic mass is 9.72. The molecule has 1 saturated carbocycles. The van der Waals surface area contributed by atoms with Gasteiger partial charge in [0.2, 0.25) is 5.91 Å². The van der Waals surface area contributed by atoms with Crippen LogP contribution in [0.15, 0.2) is 11.8 Å². The topological polar surface area (TPSA) is 293 Å². The third kappa shape index (κ3) is 10.9. The van der Waals surface area contributed by atoms with Gasteiger partial charge < -0.3 is 82.3 Å². The van der Waals surface area contributed by atoms with Gasteiger partial charge in [-0.25, -0.2) is 4.79 Å². The summed E-state index contributed by atoms with van der Waals surface area (Å²) in [5.74, 6) is -1.38. The summed E-state index contributed by atoms with van der Waals surface area (Å²) in [7, 11) is 1.55. The van der Waals surface area contributed by atoms with Gasteiger partial charge in [-0.05, 0) is 66.6 Å². The summed E-state index contributed by atoms with van der Waals surface area (Å²) < 4.78 is 23.8. The number of rotatable bonds is 14. The molecule has 0 spiro atoms. The highest BCUT2D eigenvalue weighted by Gasteiger charge is 2.55. The molecule has 13 atom stereocenters. The maximum atomic E-state index is 13.2. The largest absolute Gasteiger partial charge is 0.492 e. The Morgan fingerprint density at radius 2 is 1.82 bits per heavy atom. The first kappa shape index (κ1) is 41.2. The van der Waals surface area contributed by atoms with E-state index in [0.717, 1.165) is 0 Å². The van der Waals surface area contributed by atoms with E-state index in [9.17, 15) is 40.2 Å². The lowest BCUT2D eigenvalue weighted by molar-refractivity contribution is -0.298. The van der Waals surface area contributed by atoms with Crippen molar-refractivity contribution in [3.8, 4) is 0 Å². The van der Waals surface area contributed by atoms with Gasteiger partial charge >= 0.3 is 6.09 Å². The van der Waals surface area contributed by atoms with Crippen LogP contribution in [0.25, 0.3) is 0 Å². The van der Waals surface area contributed by atoms with Gasteiger partial charge in [-0.1, -0.05) is 0 Å². The molecule has 2 amide bonds. The van der Waals surface area contributed by atoms with Crippen LogP contribution in [0.3, 0.4) is 0 Å². The highest BCUT2D eigenvalue weighted by atomic mass is 16.7. The van der Waals surface area contributed by atoms with Crippen molar-refractivity contribution in [1.29, 1.82) is 0 Å². The van der Waals surface area contributed by atoms with Crippen LogP contribution >= 0.6 is 0 Å². The van der Waals surface area contributed by atoms with Crippen molar-refractivity contribution in [2.45, 2.75) is 125 Å². The molecule has 49 heavy (non-hydrogen) atoms. The van der Waals surface area contributed by atoms with Crippen LogP contribution in [-0.2, 0) is 23.7 Å². The molecule has 2 heterocycles. The van der Waals surface area contributed by atoms with Crippen LogP contribution in [0.2, 0.25) is 0 Å². The number of carbonyl (C=O) groups is 2. The Bertz CT molecular complexity index is 1110. The van der Waals surface area contributed by atoms with E-state index in [1.54, 1.807) is 33.9 Å². The first-order valence-electron chi connectivity index (χ1n) is 16.7. The normalized spacial score (nSPS) is 36.6. The van der Waals surface area contributed by atoms with E-state index in [2.05, 4.69) is 21.3 Å². The van der Waals surface area contributed by atoms with Gasteiger partial charge in [0, 0.05) is 24.5 Å². The predicted octanol–water partition coefficient (Wildman–Crippen LogP) is -4.16. The molecule has 0 aromatic heterocycles. The number of amides is 2. The fourth-order valence-corrected chi connectivity index (χ4v) is 6.63. The molecule has 1 saturated heterocycles. The molecule has 0 radical (unpaired) electrons. The maximum Gasteiger partial charge on any atom is 0.407 e. The number of hydrogen-bond donors (Lipinski definition) is 12. The van der Waals surface area contributed by atoms with E-state index in [1.165, 1.54) is 6.92 Å². The van der Waals surface area contributed by atoms with Crippen LogP contribution in [0.4, 0.5) is 4.79 Å². The zero-order valence-electron chi connectivity index (χ0n) is 28.9. The zero-order chi connectivity index (χ0) is 36.7. The van der Waals surface area contributed by atoms with Gasteiger partial charge in [0.1, 0.15) is 41.4 Å². The van der Waals surface area contributed by atoms with E-state index in [-0.39, 0.29) is 39.1 Å². The van der Waals surface area contributed by atoms with Crippen molar-refractivity contribution in [2.24, 2.45) is 17.4 Å². The summed E-state index contributed by atoms with van der Waals surface area (Å²) in [5.41, 5.74) is 9.14. The molecule has 3 rings (SSSR count). The number of aliphatic hydroxyl groups excluding tert-OH is 5. The minimum Gasteiger partial charge on any atom is -0.492 e. The Kier molecular flexibility index (Phi) is 15.0. The van der Waals surface area contributed by atoms with Crippen molar-refractivity contribution in [3.05, 3.63) is 11.8 Å². The number of nitrogens with two attached hydrogens (primary N) is 2. The van der Waals surface area contributed by atoms with E-state index < -0.39 is 103 Å². The SMILES string of the molecule is CN[C@@H]1[C@@H](O)[C@@H](O[C@H]2[C@H](NC(=O)[C@@H](O)CCN)C[C@H](NC(=O)OC(C)(C)C)C([C@H]3OC(CN)=CC[C@H]3NCC(O)CO)[C@@H]2O)OC[C@]1(C)O. The predicted molar refractivity (Wildman–Crippen MR) is 174 cm³/mol. The minimum absolute atomic E-state index is 0.0229. The van der Waals surface area contributed by atoms with Crippen LogP contribution in [0, 0.1) is 5.92 Å². The Labute approximate surface area is 286 Å². The number of hydrogen-bond acceptors (Lipinski definition) is 16. The monoisotopic (exact) mass is 706 g/mol. The second kappa shape index (κ2) is 17.8. The van der Waals surface area contributed by atoms with E-state index in [1.807, 2.05) is 0 Å². The molecule has 0 bridgehead atoms. The van der Waals surface area contributed by atoms with E-state index in [0.29, 0.717) is 12.2 Å². The molecule has 1 aliphatic carbocycles. The van der Waals surface area contributed by atoms with Crippen molar-refractivity contribution in [3.63, 3.8) is 0 Å². The van der Waals surface area contributed by atoms with Gasteiger partial charge in [-0.15, -0.1) is 0 Å². The van der Waals surface area contributed by atoms with Gasteiger partial charge in [0.05, 0.1) is 44.1 Å². The third-order valence-corrected chi connectivity index (χ3v) is 9.00. The molecule has 284 valence electrons. The summed E-state index contributed by atoms with van der Waals surface area (Å²) in [6, 6.07) is -3.49. The Morgan fingerprint density at radius 1 is 1.12 bits per heavy atom. The first-order valence-corrected chi connectivity index (χ1v) is 16.7. The smallest absolute Gasteiger partial charge is 0.407 e. The van der Waals surface area contributed by atoms with Crippen LogP contribution in [0.5, 0.6) is 0 Å². The highest BCUT2D eigenvalue weighted by molar-refractivity contribution is 5.80. The Balaban J connectivity index is 2.07. The Morgan fingerprint density at radius 3 is 2.41 bits per heavy atom. The van der Waals surface area contributed by atoms with Crippen LogP contribution < -0.4 is 32.7 Å². The molecule has 2 unspecified atom stereocenters. The second-order valence-electron chi connectivity index (χ2n) is 14.2. The fourth-order valence-electron chi connectivity index (χ4n) is 6.63. The highest BCUT2D eigenvalue weighted by Crippen LogP contribution is 2.38. The Hall–Kier alpha value is -2.20. The molecular weight excluding hydrogens is 648 g/mol. The van der Waals surface area contributed by atoms with Crippen molar-refractivity contribution < 1.29 is 59.2 Å². The van der Waals surface area contributed by atoms with E-state index in [4.69, 9.17) is 30.4 Å². The summed E-state index contributed by atoms with van der Waals surface area (Å²) in [4.78, 5) is 26.3. The molecule has 0 aromatic rings. The molecule has 3 aliphatic rings. The summed E-state index contributed by atoms with van der Waals surface area (Å²) in [6.45, 7) is 5.83. The number of alkyl carbamates (subject to hydrolysis) is 1. The van der Waals surface area contributed by atoms with Gasteiger partial charge in [0.15, 0.2) is 6.29 Å². The lowest BCUT2D eigenvalue weighted by Gasteiger charge is -2.51. The fraction of sp³-hybridized carbons (Fsp3) is 0.871. The molecule has 18 nitrogen and oxygen atoms in total. The number of nitrogens with one attached hydrogen (secondary N) is 4. The summed E-state index contributed by atoms with van der Waals surface area (Å²) in [6.07, 6.45) is -8.00. The molecule has 14 N–H and O–H groups in total. The quantitative estimate of drug-likeness (QED) is 0.0816. The molecule has 2 fully saturated rings. The average molecular weight is 707 g/mol. The second-order valence-corrected chi connectivity index (χ2v) is 14.2. The van der Waals surface area contributed by atoms with Crippen molar-refractivity contribution in [1.82, 2.24) is 21.3 Å². The standard InChI is InChI=1S/C31H58N6O12/c1-30(2,3)49-29(44)37-18-10-19(36-27(43)20(40)8-9-32)25(48-28-23(42)26(34-5)31(4,45)14-46-28)22(41)21(18)24-17(35-12-15(39)13-38)7-6-16(11-33)47-24/h6,15,17-26,28,34-35,38-42,45H,7-14,32-33H2,1-5H3,(H,36,43)(H,37,44)/t15?,17-,18+,19-,20+,21?,22+,23-,24+,25+,26-,28-,31+/m1/s1. The minimum atomic E-state index is -1.55. The molecule has 18 heteroatoms. The third-order valence-electron chi connectivity index (χ3n) is 9.00. The van der Waals surface area contributed by atoms with Gasteiger partial charge in [-0.2, -0.15) is 0 Å². The zero-order valence-corrected chi connectivity index (χ0v) is 28.9. The lowest BCUT2D eigenvalue weighted by Crippen LogP contribution is -2.70. The van der Waals surface area contributed by atoms with Crippen molar-refractivity contribution >= 4 is 12.0 Å². The molecular formula is C31H58N6O12. The number of carbonyl (C=O) groups excluding carboxylic acids is 2. The van der Waals surface area contributed by atoms with Crippen LogP contribution in [-0.4, -0.2) is 161 Å². The van der Waals surface area contributed by atoms with Gasteiger partial charge in [0.25, 0.3) is 0 Å². The number of ether oxygens (including phenoxy) is 4. The number of likely N-dealkylation sites (N-methyl/N-ethyl adjacent to an activating group) is 1. The summed E-state index contributed by atoms with van der Waals surface area (Å²) in [5, 5.41) is 75.7. The first-order chi connectivity index (χ1) is 23.0. The average Bonchev–Trinajstić information content (AvgIpc) is 3.02. The van der Waals surface area contributed by atoms with Gasteiger partial charge in [-0.3, -0.25) is 4.79 Å². The molecule has 2 aliphatic heterocycles. The van der Waals surface area contributed by atoms with E-state index >= 15 is 0 Å². The number of aliphatic hydroxyl groups is 6. The molecule has 0 aromatic carbocycles. The van der Waals surface area contributed by atoms with Crippen LogP contribution in [0.1, 0.15) is 47.0 Å².